The highest BCUT2D eigenvalue weighted by Gasteiger charge is 2.31. The number of aromatic nitrogens is 4. The van der Waals surface area contributed by atoms with Gasteiger partial charge in [0.25, 0.3) is 17.7 Å². The first-order valence-electron chi connectivity index (χ1n) is 11.6. The molecule has 200 valence electrons. The zero-order valence-electron chi connectivity index (χ0n) is 21.0. The van der Waals surface area contributed by atoms with Crippen LogP contribution in [0.5, 0.6) is 5.75 Å². The van der Waals surface area contributed by atoms with E-state index in [1.807, 2.05) is 0 Å². The molecule has 1 N–H and O–H groups in total. The molecule has 0 aliphatic carbocycles. The van der Waals surface area contributed by atoms with Crippen LogP contribution in [0.25, 0.3) is 11.1 Å². The fourth-order valence-corrected chi connectivity index (χ4v) is 5.26. The van der Waals surface area contributed by atoms with Crippen molar-refractivity contribution in [1.29, 1.82) is 0 Å². The second-order valence-electron chi connectivity index (χ2n) is 8.88. The lowest BCUT2D eigenvalue weighted by atomic mass is 10.0. The maximum absolute atomic E-state index is 13.7. The van der Waals surface area contributed by atoms with E-state index in [1.165, 1.54) is 53.9 Å². The lowest BCUT2D eigenvalue weighted by Gasteiger charge is -2.16. The zero-order chi connectivity index (χ0) is 27.9. The molecule has 13 heteroatoms. The van der Waals surface area contributed by atoms with E-state index < -0.39 is 23.4 Å². The summed E-state index contributed by atoms with van der Waals surface area (Å²) in [6.45, 7) is 2.92. The molecule has 5 heterocycles. The summed E-state index contributed by atoms with van der Waals surface area (Å²) in [5.74, 6) is -3.62. The summed E-state index contributed by atoms with van der Waals surface area (Å²) >= 11 is 7.34. The first-order chi connectivity index (χ1) is 18.5. The minimum atomic E-state index is -3.16. The van der Waals surface area contributed by atoms with Crippen molar-refractivity contribution in [3.05, 3.63) is 81.1 Å². The quantitative estimate of drug-likeness (QED) is 0.305. The molecule has 0 aromatic carbocycles. The third-order valence-electron chi connectivity index (χ3n) is 6.01. The van der Waals surface area contributed by atoms with Crippen molar-refractivity contribution >= 4 is 39.9 Å². The third kappa shape index (κ3) is 5.43. The number of hydrogen-bond donors (Lipinski definition) is 1. The van der Waals surface area contributed by atoms with Crippen LogP contribution >= 0.6 is 22.9 Å². The fraction of sp³-hybridized carbons (Fsp3) is 0.231. The molecule has 4 aromatic heterocycles. The van der Waals surface area contributed by atoms with Gasteiger partial charge in [-0.1, -0.05) is 29.0 Å². The normalized spacial score (nSPS) is 12.8. The number of ether oxygens (including phenoxy) is 1. The highest BCUT2D eigenvalue weighted by atomic mass is 35.5. The number of carbonyl (C=O) groups excluding carboxylic acids is 2. The number of amides is 2. The molecule has 0 spiro atoms. The highest BCUT2D eigenvalue weighted by molar-refractivity contribution is 7.16. The minimum Gasteiger partial charge on any atom is -0.494 e. The van der Waals surface area contributed by atoms with Gasteiger partial charge in [-0.25, -0.2) is 15.0 Å². The van der Waals surface area contributed by atoms with Crippen LogP contribution in [0.15, 0.2) is 42.7 Å². The summed E-state index contributed by atoms with van der Waals surface area (Å²) in [7, 11) is 1.50. The van der Waals surface area contributed by atoms with Gasteiger partial charge in [-0.05, 0) is 31.2 Å². The van der Waals surface area contributed by atoms with Crippen molar-refractivity contribution < 1.29 is 23.1 Å². The minimum absolute atomic E-state index is 0.0660. The van der Waals surface area contributed by atoms with Gasteiger partial charge in [0.15, 0.2) is 5.13 Å². The Morgan fingerprint density at radius 3 is 2.64 bits per heavy atom. The molecule has 4 aromatic rings. The van der Waals surface area contributed by atoms with Gasteiger partial charge in [0.2, 0.25) is 0 Å². The smallest absolute Gasteiger partial charge is 0.287 e. The molecule has 0 saturated carbocycles. The van der Waals surface area contributed by atoms with Gasteiger partial charge >= 0.3 is 0 Å². The SMILES string of the molecule is COc1cnc(Cl)cc1-c1cc(C)ncc1C(=O)Nc1nc2c(s1)CN(C(=O)c1cccc(C(C)(F)F)n1)C2. The number of carbonyl (C=O) groups is 2. The van der Waals surface area contributed by atoms with Crippen molar-refractivity contribution in [2.75, 3.05) is 12.4 Å². The zero-order valence-corrected chi connectivity index (χ0v) is 22.5. The molecule has 0 atom stereocenters. The molecule has 39 heavy (non-hydrogen) atoms. The molecule has 5 rings (SSSR count). The number of nitrogens with zero attached hydrogens (tertiary/aromatic N) is 5. The summed E-state index contributed by atoms with van der Waals surface area (Å²) in [4.78, 5) is 45.1. The number of alkyl halides is 2. The van der Waals surface area contributed by atoms with Crippen molar-refractivity contribution in [2.24, 2.45) is 0 Å². The number of nitrogens with one attached hydrogen (secondary N) is 1. The molecule has 9 nitrogen and oxygen atoms in total. The van der Waals surface area contributed by atoms with E-state index in [-0.39, 0.29) is 29.5 Å². The van der Waals surface area contributed by atoms with E-state index in [9.17, 15) is 18.4 Å². The topological polar surface area (TPSA) is 110 Å². The largest absolute Gasteiger partial charge is 0.494 e. The molecule has 0 saturated heterocycles. The van der Waals surface area contributed by atoms with Gasteiger partial charge in [0.05, 0.1) is 42.5 Å². The molecule has 0 radical (unpaired) electrons. The molecular formula is C26H21ClF2N6O3S. The van der Waals surface area contributed by atoms with Crippen LogP contribution in [-0.2, 0) is 19.0 Å². The number of methoxy groups -OCH3 is 1. The van der Waals surface area contributed by atoms with Crippen LogP contribution in [0.2, 0.25) is 5.15 Å². The number of hydrogen-bond acceptors (Lipinski definition) is 8. The Bertz CT molecular complexity index is 1580. The number of pyridine rings is 3. The van der Waals surface area contributed by atoms with Crippen molar-refractivity contribution in [3.8, 4) is 16.9 Å². The lowest BCUT2D eigenvalue weighted by molar-refractivity contribution is 0.0125. The molecule has 1 aliphatic heterocycles. The summed E-state index contributed by atoms with van der Waals surface area (Å²) in [6.07, 6.45) is 2.95. The standard InChI is InChI=1S/C26H21ClF2N6O3S/c1-13-7-14(15-8-22(27)31-10-19(15)38-3)16(9-30-13)23(36)34-25-33-18-11-35(12-20(18)39-25)24(37)17-5-4-6-21(32-17)26(2,28)29/h4-10H,11-12H2,1-3H3,(H,33,34,36). The molecule has 0 bridgehead atoms. The first kappa shape index (κ1) is 26.6. The van der Waals surface area contributed by atoms with Crippen LogP contribution in [0.1, 0.15) is 49.7 Å². The van der Waals surface area contributed by atoms with Crippen LogP contribution in [0, 0.1) is 6.92 Å². The van der Waals surface area contributed by atoms with Crippen molar-refractivity contribution in [1.82, 2.24) is 24.8 Å². The number of aryl methyl sites for hydroxylation is 1. The van der Waals surface area contributed by atoms with E-state index in [1.54, 1.807) is 19.1 Å². The molecule has 0 unspecified atom stereocenters. The van der Waals surface area contributed by atoms with E-state index in [0.717, 1.165) is 11.8 Å². The van der Waals surface area contributed by atoms with Gasteiger partial charge in [0, 0.05) is 29.9 Å². The van der Waals surface area contributed by atoms with Gasteiger partial charge in [-0.2, -0.15) is 8.78 Å². The monoisotopic (exact) mass is 570 g/mol. The van der Waals surface area contributed by atoms with E-state index in [4.69, 9.17) is 16.3 Å². The molecule has 1 aliphatic rings. The molecular weight excluding hydrogens is 550 g/mol. The number of halogens is 3. The second kappa shape index (κ2) is 10.3. The lowest BCUT2D eigenvalue weighted by Crippen LogP contribution is -2.27. The Morgan fingerprint density at radius 2 is 1.92 bits per heavy atom. The summed E-state index contributed by atoms with van der Waals surface area (Å²) in [5, 5.41) is 3.41. The third-order valence-corrected chi connectivity index (χ3v) is 7.21. The Kier molecular flexibility index (Phi) is 7.00. The number of fused-ring (bicyclic) bond motifs is 1. The number of rotatable bonds is 6. The van der Waals surface area contributed by atoms with Crippen molar-refractivity contribution in [2.45, 2.75) is 32.9 Å². The average Bonchev–Trinajstić information content (AvgIpc) is 3.46. The van der Waals surface area contributed by atoms with Crippen molar-refractivity contribution in [3.63, 3.8) is 0 Å². The molecule has 2 amide bonds. The Morgan fingerprint density at radius 1 is 1.13 bits per heavy atom. The number of anilines is 1. The predicted octanol–water partition coefficient (Wildman–Crippen LogP) is 5.49. The van der Waals surface area contributed by atoms with Crippen LogP contribution in [0.4, 0.5) is 13.9 Å². The predicted molar refractivity (Wildman–Crippen MR) is 141 cm³/mol. The Hall–Kier alpha value is -4.03. The Balaban J connectivity index is 1.34. The second-order valence-corrected chi connectivity index (χ2v) is 10.4. The average molecular weight is 571 g/mol. The maximum Gasteiger partial charge on any atom is 0.287 e. The molecule has 0 fully saturated rings. The van der Waals surface area contributed by atoms with Gasteiger partial charge in [-0.3, -0.25) is 19.9 Å². The number of thiazole rings is 1. The Labute approximate surface area is 230 Å². The summed E-state index contributed by atoms with van der Waals surface area (Å²) in [5.41, 5.74) is 2.21. The van der Waals surface area contributed by atoms with Gasteiger partial charge < -0.3 is 9.64 Å². The van der Waals surface area contributed by atoms with E-state index in [0.29, 0.717) is 33.4 Å². The highest BCUT2D eigenvalue weighted by Crippen LogP contribution is 2.36. The van der Waals surface area contributed by atoms with Gasteiger partial charge in [0.1, 0.15) is 22.3 Å². The van der Waals surface area contributed by atoms with E-state index >= 15 is 0 Å². The maximum atomic E-state index is 13.7. The van der Waals surface area contributed by atoms with Gasteiger partial charge in [-0.15, -0.1) is 0 Å². The fourth-order valence-electron chi connectivity index (χ4n) is 4.12. The summed E-state index contributed by atoms with van der Waals surface area (Å²) < 4.78 is 32.7. The van der Waals surface area contributed by atoms with Crippen LogP contribution in [-0.4, -0.2) is 43.8 Å². The van der Waals surface area contributed by atoms with E-state index in [2.05, 4.69) is 25.3 Å². The van der Waals surface area contributed by atoms with Crippen LogP contribution < -0.4 is 10.1 Å². The summed E-state index contributed by atoms with van der Waals surface area (Å²) in [6, 6.07) is 7.34. The first-order valence-corrected chi connectivity index (χ1v) is 12.8. The van der Waals surface area contributed by atoms with Crippen LogP contribution in [0.3, 0.4) is 0 Å².